The second-order valence-electron chi connectivity index (χ2n) is 6.72. The van der Waals surface area contributed by atoms with Gasteiger partial charge in [0.15, 0.2) is 16.5 Å². The number of nitriles is 1. The fourth-order valence-corrected chi connectivity index (χ4v) is 4.29. The van der Waals surface area contributed by atoms with Gasteiger partial charge in [0.1, 0.15) is 17.4 Å². The van der Waals surface area contributed by atoms with Crippen molar-refractivity contribution in [1.82, 2.24) is 29.2 Å². The molecule has 0 saturated heterocycles. The zero-order valence-electron chi connectivity index (χ0n) is 16.1. The van der Waals surface area contributed by atoms with E-state index in [9.17, 15) is 10.1 Å². The first kappa shape index (κ1) is 18.2. The summed E-state index contributed by atoms with van der Waals surface area (Å²) in [6.45, 7) is 2.03. The van der Waals surface area contributed by atoms with Gasteiger partial charge in [0.25, 0.3) is 5.56 Å². The van der Waals surface area contributed by atoms with Crippen molar-refractivity contribution in [3.8, 4) is 11.8 Å². The number of fused-ring (bicyclic) bond motifs is 4. The number of ether oxygens (including phenoxy) is 1. The van der Waals surface area contributed by atoms with Gasteiger partial charge in [-0.25, -0.2) is 9.50 Å². The number of aromatic nitrogens is 6. The van der Waals surface area contributed by atoms with Gasteiger partial charge in [-0.3, -0.25) is 14.3 Å². The molecule has 10 heteroatoms. The first-order valence-corrected chi connectivity index (χ1v) is 10.0. The van der Waals surface area contributed by atoms with E-state index in [1.807, 2.05) is 41.7 Å². The lowest BCUT2D eigenvalue weighted by molar-refractivity contribution is 0.415. The number of thioether (sulfide) groups is 1. The third-order valence-electron chi connectivity index (χ3n) is 4.89. The first-order chi connectivity index (χ1) is 14.6. The summed E-state index contributed by atoms with van der Waals surface area (Å²) < 4.78 is 8.61. The van der Waals surface area contributed by atoms with Crippen LogP contribution < -0.4 is 10.3 Å². The summed E-state index contributed by atoms with van der Waals surface area (Å²) in [7, 11) is 1.63. The van der Waals surface area contributed by atoms with Crippen LogP contribution in [0, 0.1) is 18.3 Å². The van der Waals surface area contributed by atoms with E-state index >= 15 is 0 Å². The molecule has 148 valence electrons. The molecule has 5 rings (SSSR count). The van der Waals surface area contributed by atoms with Crippen LogP contribution in [0.3, 0.4) is 0 Å². The summed E-state index contributed by atoms with van der Waals surface area (Å²) in [5, 5.41) is 22.3. The van der Waals surface area contributed by atoms with E-state index in [1.165, 1.54) is 28.5 Å². The Bertz CT molecular complexity index is 1540. The van der Waals surface area contributed by atoms with Gasteiger partial charge in [-0.05, 0) is 30.7 Å². The number of pyridine rings is 1. The van der Waals surface area contributed by atoms with Crippen molar-refractivity contribution in [3.63, 3.8) is 0 Å². The van der Waals surface area contributed by atoms with Crippen LogP contribution in [-0.2, 0) is 5.75 Å². The molecule has 30 heavy (non-hydrogen) atoms. The maximum atomic E-state index is 12.3. The highest BCUT2D eigenvalue weighted by Crippen LogP contribution is 2.29. The number of hydrogen-bond donors (Lipinski definition) is 1. The van der Waals surface area contributed by atoms with Crippen LogP contribution in [0.4, 0.5) is 0 Å². The second-order valence-corrected chi connectivity index (χ2v) is 7.66. The van der Waals surface area contributed by atoms with Gasteiger partial charge in [-0.15, -0.1) is 10.2 Å². The molecule has 0 atom stereocenters. The normalized spacial score (nSPS) is 11.4. The lowest BCUT2D eigenvalue weighted by Gasteiger charge is -2.09. The van der Waals surface area contributed by atoms with E-state index in [0.29, 0.717) is 27.8 Å². The Morgan fingerprint density at radius 2 is 2.13 bits per heavy atom. The summed E-state index contributed by atoms with van der Waals surface area (Å²) in [6, 6.07) is 11.4. The Morgan fingerprint density at radius 1 is 1.27 bits per heavy atom. The van der Waals surface area contributed by atoms with Crippen molar-refractivity contribution in [1.29, 1.82) is 5.26 Å². The number of methoxy groups -OCH3 is 1. The fourth-order valence-electron chi connectivity index (χ4n) is 3.45. The van der Waals surface area contributed by atoms with Crippen LogP contribution >= 0.6 is 11.8 Å². The number of nitrogens with zero attached hydrogens (tertiary/aromatic N) is 6. The maximum absolute atomic E-state index is 12.3. The Morgan fingerprint density at radius 3 is 2.93 bits per heavy atom. The molecule has 0 unspecified atom stereocenters. The average Bonchev–Trinajstić information content (AvgIpc) is 3.36. The number of benzene rings is 1. The molecular weight excluding hydrogens is 402 g/mol. The van der Waals surface area contributed by atoms with Gasteiger partial charge < -0.3 is 4.74 Å². The van der Waals surface area contributed by atoms with Gasteiger partial charge in [-0.1, -0.05) is 11.8 Å². The number of aromatic amines is 1. The largest absolute Gasteiger partial charge is 0.497 e. The molecule has 9 nitrogen and oxygen atoms in total. The van der Waals surface area contributed by atoms with Gasteiger partial charge >= 0.3 is 0 Å². The number of rotatable bonds is 4. The van der Waals surface area contributed by atoms with Gasteiger partial charge in [0.2, 0.25) is 0 Å². The van der Waals surface area contributed by atoms with Crippen molar-refractivity contribution in [2.45, 2.75) is 17.8 Å². The Balaban J connectivity index is 1.58. The van der Waals surface area contributed by atoms with Gasteiger partial charge in [-0.2, -0.15) is 5.26 Å². The minimum atomic E-state index is -0.269. The van der Waals surface area contributed by atoms with Gasteiger partial charge in [0.05, 0.1) is 18.3 Å². The quantitative estimate of drug-likeness (QED) is 0.447. The third kappa shape index (κ3) is 2.79. The highest BCUT2D eigenvalue weighted by molar-refractivity contribution is 7.98. The van der Waals surface area contributed by atoms with Crippen molar-refractivity contribution in [2.75, 3.05) is 7.11 Å². The molecule has 1 aromatic carbocycles. The number of hydrogen-bond acceptors (Lipinski definition) is 7. The molecule has 0 spiro atoms. The van der Waals surface area contributed by atoms with Crippen LogP contribution in [0.5, 0.6) is 5.75 Å². The van der Waals surface area contributed by atoms with E-state index in [0.717, 1.165) is 27.9 Å². The summed E-state index contributed by atoms with van der Waals surface area (Å²) in [5.41, 5.74) is 3.70. The molecule has 0 bridgehead atoms. The zero-order valence-corrected chi connectivity index (χ0v) is 16.9. The van der Waals surface area contributed by atoms with E-state index in [2.05, 4.69) is 20.3 Å². The minimum absolute atomic E-state index is 0.269. The molecule has 4 aromatic heterocycles. The molecule has 0 fully saturated rings. The molecule has 5 aromatic rings. The Hall–Kier alpha value is -3.84. The van der Waals surface area contributed by atoms with Crippen LogP contribution in [0.1, 0.15) is 16.8 Å². The predicted octanol–water partition coefficient (Wildman–Crippen LogP) is 2.70. The number of nitrogens with one attached hydrogen (secondary N) is 1. The molecule has 4 heterocycles. The molecular formula is C20H15N7O2S. The van der Waals surface area contributed by atoms with Crippen LogP contribution in [0.15, 0.2) is 46.5 Å². The molecule has 0 amide bonds. The lowest BCUT2D eigenvalue weighted by atomic mass is 10.1. The second kappa shape index (κ2) is 6.89. The van der Waals surface area contributed by atoms with Crippen molar-refractivity contribution < 1.29 is 4.74 Å². The Kier molecular flexibility index (Phi) is 4.18. The zero-order chi connectivity index (χ0) is 20.8. The summed E-state index contributed by atoms with van der Waals surface area (Å²) in [5.74, 6) is 1.15. The molecule has 0 radical (unpaired) electrons. The first-order valence-electron chi connectivity index (χ1n) is 9.04. The monoisotopic (exact) mass is 417 g/mol. The third-order valence-corrected chi connectivity index (χ3v) is 5.86. The SMILES string of the molecule is COc1ccc2c(C)cc3nnc(SCc4cc(=O)n5[nH]cc(C#N)c5n4)n3c2c1. The summed E-state index contributed by atoms with van der Waals surface area (Å²) in [6.07, 6.45) is 1.47. The average molecular weight is 417 g/mol. The smallest absolute Gasteiger partial charge is 0.272 e. The van der Waals surface area contributed by atoms with Crippen LogP contribution in [-0.4, -0.2) is 36.3 Å². The standard InChI is InChI=1S/C20H15N7O2S/c1-11-5-17-24-25-20(26(17)16-7-14(29-2)3-4-15(11)16)30-10-13-6-18(28)27-19(23-13)12(8-21)9-22-27/h3-7,9,22H,10H2,1-2H3. The van der Waals surface area contributed by atoms with E-state index in [-0.39, 0.29) is 5.56 Å². The van der Waals surface area contributed by atoms with E-state index in [4.69, 9.17) is 4.74 Å². The van der Waals surface area contributed by atoms with Crippen LogP contribution in [0.2, 0.25) is 0 Å². The predicted molar refractivity (Wildman–Crippen MR) is 112 cm³/mol. The number of H-pyrrole nitrogens is 1. The highest BCUT2D eigenvalue weighted by Gasteiger charge is 2.14. The highest BCUT2D eigenvalue weighted by atomic mass is 32.2. The molecule has 0 aliphatic heterocycles. The molecule has 0 saturated carbocycles. The van der Waals surface area contributed by atoms with Crippen LogP contribution in [0.25, 0.3) is 22.2 Å². The summed E-state index contributed by atoms with van der Waals surface area (Å²) >= 11 is 1.42. The summed E-state index contributed by atoms with van der Waals surface area (Å²) in [4.78, 5) is 16.8. The molecule has 0 aliphatic rings. The van der Waals surface area contributed by atoms with Crippen molar-refractivity contribution in [3.05, 3.63) is 63.7 Å². The number of aryl methyl sites for hydroxylation is 1. The molecule has 1 N–H and O–H groups in total. The minimum Gasteiger partial charge on any atom is -0.497 e. The van der Waals surface area contributed by atoms with E-state index in [1.54, 1.807) is 7.11 Å². The van der Waals surface area contributed by atoms with Gasteiger partial charge in [0, 0.05) is 29.5 Å². The van der Waals surface area contributed by atoms with Crippen molar-refractivity contribution in [2.24, 2.45) is 0 Å². The topological polar surface area (TPSA) is 113 Å². The van der Waals surface area contributed by atoms with E-state index < -0.39 is 0 Å². The fraction of sp³-hybridized carbons (Fsp3) is 0.150. The Labute approximate surface area is 173 Å². The lowest BCUT2D eigenvalue weighted by Crippen LogP contribution is -2.15. The van der Waals surface area contributed by atoms with Crippen molar-refractivity contribution >= 4 is 34.0 Å². The maximum Gasteiger partial charge on any atom is 0.272 e. The molecule has 0 aliphatic carbocycles.